The number of hydrogen-bond donors (Lipinski definition) is 2. The van der Waals surface area contributed by atoms with E-state index in [-0.39, 0.29) is 11.3 Å². The fourth-order valence-electron chi connectivity index (χ4n) is 2.92. The average molecular weight is 378 g/mol. The summed E-state index contributed by atoms with van der Waals surface area (Å²) in [4.78, 5) is 14.8. The number of nitrogens with zero attached hydrogens (tertiary/aromatic N) is 3. The first kappa shape index (κ1) is 17.4. The first-order valence-electron chi connectivity index (χ1n) is 8.47. The molecule has 2 heterocycles. The summed E-state index contributed by atoms with van der Waals surface area (Å²) in [5.41, 5.74) is 7.04. The third-order valence-electron chi connectivity index (χ3n) is 4.18. The van der Waals surface area contributed by atoms with Crippen molar-refractivity contribution in [3.05, 3.63) is 83.0 Å². The summed E-state index contributed by atoms with van der Waals surface area (Å²) in [5, 5.41) is 14.6. The highest BCUT2D eigenvalue weighted by molar-refractivity contribution is 7.99. The van der Waals surface area contributed by atoms with Crippen molar-refractivity contribution in [2.45, 2.75) is 22.8 Å². The number of para-hydroxylation sites is 2. The van der Waals surface area contributed by atoms with Crippen molar-refractivity contribution in [1.82, 2.24) is 14.2 Å². The van der Waals surface area contributed by atoms with Crippen LogP contribution in [0, 0.1) is 0 Å². The maximum Gasteiger partial charge on any atom is 0.283 e. The minimum atomic E-state index is -0.418. The summed E-state index contributed by atoms with van der Waals surface area (Å²) in [6.07, 6.45) is 1.74. The number of rotatable bonds is 4. The highest BCUT2D eigenvalue weighted by Gasteiger charge is 2.19. The van der Waals surface area contributed by atoms with Crippen molar-refractivity contribution in [2.24, 2.45) is 5.73 Å². The van der Waals surface area contributed by atoms with Gasteiger partial charge in [0.2, 0.25) is 0 Å². The van der Waals surface area contributed by atoms with E-state index in [0.29, 0.717) is 21.9 Å². The Morgan fingerprint density at radius 2 is 1.74 bits per heavy atom. The largest absolute Gasteiger partial charge is 0.507 e. The number of phenols is 1. The quantitative estimate of drug-likeness (QED) is 0.569. The minimum absolute atomic E-state index is 0.172. The Balaban J connectivity index is 1.95. The molecule has 0 aliphatic carbocycles. The van der Waals surface area contributed by atoms with Crippen LogP contribution in [0.2, 0.25) is 0 Å². The van der Waals surface area contributed by atoms with Gasteiger partial charge in [0.05, 0.1) is 16.6 Å². The van der Waals surface area contributed by atoms with E-state index >= 15 is 0 Å². The zero-order valence-electron chi connectivity index (χ0n) is 14.6. The molecule has 4 rings (SSSR count). The molecule has 0 saturated carbocycles. The molecular formula is C20H18N4O2S. The molecule has 2 aromatic heterocycles. The lowest BCUT2D eigenvalue weighted by molar-refractivity contribution is 0.462. The molecule has 0 amide bonds. The molecule has 0 bridgehead atoms. The van der Waals surface area contributed by atoms with Gasteiger partial charge in [-0.15, -0.1) is 0 Å². The summed E-state index contributed by atoms with van der Waals surface area (Å²) >= 11 is 1.33. The number of aromatic nitrogens is 3. The molecule has 2 aromatic carbocycles. The van der Waals surface area contributed by atoms with Crippen LogP contribution in [0.1, 0.15) is 18.8 Å². The van der Waals surface area contributed by atoms with Gasteiger partial charge >= 0.3 is 0 Å². The molecule has 0 unspecified atom stereocenters. The smallest absolute Gasteiger partial charge is 0.283 e. The third kappa shape index (κ3) is 3.11. The SMILES string of the molecule is C[C@H](N)c1nn2ccc(Sc3ccccc3O)c2c(=O)n1-c1ccccc1. The van der Waals surface area contributed by atoms with Crippen LogP contribution in [0.15, 0.2) is 81.4 Å². The molecule has 0 saturated heterocycles. The summed E-state index contributed by atoms with van der Waals surface area (Å²) in [6, 6.07) is 17.8. The summed E-state index contributed by atoms with van der Waals surface area (Å²) < 4.78 is 3.11. The Labute approximate surface area is 159 Å². The molecule has 1 atom stereocenters. The van der Waals surface area contributed by atoms with E-state index in [0.717, 1.165) is 4.90 Å². The number of benzene rings is 2. The van der Waals surface area contributed by atoms with Gasteiger partial charge in [0, 0.05) is 11.1 Å². The zero-order chi connectivity index (χ0) is 19.0. The Morgan fingerprint density at radius 1 is 1.04 bits per heavy atom. The Kier molecular flexibility index (Phi) is 4.47. The summed E-state index contributed by atoms with van der Waals surface area (Å²) in [7, 11) is 0. The van der Waals surface area contributed by atoms with E-state index < -0.39 is 6.04 Å². The van der Waals surface area contributed by atoms with Gasteiger partial charge in [-0.05, 0) is 37.3 Å². The van der Waals surface area contributed by atoms with E-state index in [1.54, 1.807) is 34.3 Å². The maximum atomic E-state index is 13.4. The number of phenolic OH excluding ortho intramolecular Hbond substituents is 1. The molecule has 6 nitrogen and oxygen atoms in total. The van der Waals surface area contributed by atoms with E-state index in [1.807, 2.05) is 48.5 Å². The predicted octanol–water partition coefficient (Wildman–Crippen LogP) is 3.36. The Morgan fingerprint density at radius 3 is 2.44 bits per heavy atom. The number of nitrogens with two attached hydrogens (primary N) is 1. The maximum absolute atomic E-state index is 13.4. The molecule has 7 heteroatoms. The fourth-order valence-corrected chi connectivity index (χ4v) is 3.88. The highest BCUT2D eigenvalue weighted by atomic mass is 32.2. The van der Waals surface area contributed by atoms with E-state index in [4.69, 9.17) is 5.73 Å². The predicted molar refractivity (Wildman–Crippen MR) is 106 cm³/mol. The van der Waals surface area contributed by atoms with Crippen LogP contribution in [0.5, 0.6) is 5.75 Å². The number of aromatic hydroxyl groups is 1. The molecule has 0 fully saturated rings. The van der Waals surface area contributed by atoms with Gasteiger partial charge < -0.3 is 10.8 Å². The monoisotopic (exact) mass is 378 g/mol. The van der Waals surface area contributed by atoms with Gasteiger partial charge in [-0.3, -0.25) is 9.36 Å². The van der Waals surface area contributed by atoms with Crippen molar-refractivity contribution in [1.29, 1.82) is 0 Å². The number of fused-ring (bicyclic) bond motifs is 1. The minimum Gasteiger partial charge on any atom is -0.507 e. The lowest BCUT2D eigenvalue weighted by atomic mass is 10.2. The molecule has 136 valence electrons. The second kappa shape index (κ2) is 6.94. The van der Waals surface area contributed by atoms with Crippen LogP contribution in [0.25, 0.3) is 11.2 Å². The highest BCUT2D eigenvalue weighted by Crippen LogP contribution is 2.35. The molecule has 0 radical (unpaired) electrons. The Hall–Kier alpha value is -3.03. The topological polar surface area (TPSA) is 85.6 Å². The normalized spacial score (nSPS) is 12.4. The van der Waals surface area contributed by atoms with Gasteiger partial charge in [-0.25, -0.2) is 4.52 Å². The van der Waals surface area contributed by atoms with Crippen LogP contribution >= 0.6 is 11.8 Å². The van der Waals surface area contributed by atoms with E-state index in [1.165, 1.54) is 11.8 Å². The lowest BCUT2D eigenvalue weighted by Crippen LogP contribution is -2.29. The molecule has 0 aliphatic heterocycles. The molecule has 0 spiro atoms. The van der Waals surface area contributed by atoms with Crippen molar-refractivity contribution in [2.75, 3.05) is 0 Å². The number of hydrogen-bond acceptors (Lipinski definition) is 5. The van der Waals surface area contributed by atoms with Gasteiger partial charge in [-0.1, -0.05) is 42.1 Å². The van der Waals surface area contributed by atoms with Gasteiger partial charge in [0.1, 0.15) is 11.3 Å². The second-order valence-corrected chi connectivity index (χ2v) is 7.25. The molecule has 4 aromatic rings. The van der Waals surface area contributed by atoms with Crippen molar-refractivity contribution in [3.8, 4) is 11.4 Å². The molecular weight excluding hydrogens is 360 g/mol. The van der Waals surface area contributed by atoms with Gasteiger partial charge in [0.15, 0.2) is 5.82 Å². The zero-order valence-corrected chi connectivity index (χ0v) is 15.4. The van der Waals surface area contributed by atoms with Gasteiger partial charge in [0.25, 0.3) is 5.56 Å². The molecule has 0 aliphatic rings. The average Bonchev–Trinajstić information content (AvgIpc) is 3.07. The second-order valence-electron chi connectivity index (χ2n) is 6.17. The molecule has 3 N–H and O–H groups in total. The van der Waals surface area contributed by atoms with E-state index in [9.17, 15) is 9.90 Å². The van der Waals surface area contributed by atoms with Crippen LogP contribution < -0.4 is 11.3 Å². The van der Waals surface area contributed by atoms with Crippen molar-refractivity contribution in [3.63, 3.8) is 0 Å². The standard InChI is InChI=1S/C20H18N4O2S/c1-13(21)19-22-23-12-11-17(27-16-10-6-5-9-15(16)25)18(23)20(26)24(19)14-7-3-2-4-8-14/h2-13,25H,21H2,1H3/t13-/m0/s1. The van der Waals surface area contributed by atoms with Crippen LogP contribution in [-0.2, 0) is 0 Å². The Bertz CT molecular complexity index is 1170. The summed E-state index contributed by atoms with van der Waals surface area (Å²) in [6.45, 7) is 1.80. The van der Waals surface area contributed by atoms with Crippen molar-refractivity contribution >= 4 is 17.3 Å². The van der Waals surface area contributed by atoms with Crippen LogP contribution in [0.3, 0.4) is 0 Å². The third-order valence-corrected chi connectivity index (χ3v) is 5.30. The lowest BCUT2D eigenvalue weighted by Gasteiger charge is -2.15. The molecule has 27 heavy (non-hydrogen) atoms. The van der Waals surface area contributed by atoms with E-state index in [2.05, 4.69) is 5.10 Å². The van der Waals surface area contributed by atoms with Crippen molar-refractivity contribution < 1.29 is 5.11 Å². The first-order chi connectivity index (χ1) is 13.1. The van der Waals surface area contributed by atoms with Crippen LogP contribution in [-0.4, -0.2) is 19.3 Å². The van der Waals surface area contributed by atoms with Crippen LogP contribution in [0.4, 0.5) is 0 Å². The summed E-state index contributed by atoms with van der Waals surface area (Å²) in [5.74, 6) is 0.652. The fraction of sp³-hybridized carbons (Fsp3) is 0.100. The first-order valence-corrected chi connectivity index (χ1v) is 9.29. The van der Waals surface area contributed by atoms with Gasteiger partial charge in [-0.2, -0.15) is 5.10 Å².